The first kappa shape index (κ1) is 30.3. The predicted octanol–water partition coefficient (Wildman–Crippen LogP) is 9.11. The van der Waals surface area contributed by atoms with Crippen LogP contribution >= 0.6 is 0 Å². The topological polar surface area (TPSA) is 3.24 Å². The molecule has 0 saturated carbocycles. The van der Waals surface area contributed by atoms with Crippen molar-refractivity contribution in [2.45, 2.75) is 38.9 Å². The van der Waals surface area contributed by atoms with Gasteiger partial charge in [-0.2, -0.15) is 0 Å². The Hall–Kier alpha value is -3.23. The van der Waals surface area contributed by atoms with Crippen LogP contribution < -0.4 is 4.57 Å². The second-order valence-corrected chi connectivity index (χ2v) is 13.3. The highest BCUT2D eigenvalue weighted by molar-refractivity contribution is 6.84. The van der Waals surface area contributed by atoms with Crippen molar-refractivity contribution in [2.24, 2.45) is 0 Å². The van der Waals surface area contributed by atoms with Gasteiger partial charge in [0.25, 0.3) is 0 Å². The van der Waals surface area contributed by atoms with E-state index in [-0.39, 0.29) is 22.7 Å². The molecule has 0 N–H and O–H groups in total. The Bertz CT molecular complexity index is 1400. The molecule has 3 aromatic rings. The van der Waals surface area contributed by atoms with E-state index in [0.717, 1.165) is 6.07 Å². The third-order valence-corrected chi connectivity index (χ3v) is 11.9. The van der Waals surface area contributed by atoms with Gasteiger partial charge >= 0.3 is 0 Å². The molecule has 0 bridgehead atoms. The van der Waals surface area contributed by atoms with Crippen LogP contribution in [-0.4, -0.2) is 8.24 Å². The predicted molar refractivity (Wildman–Crippen MR) is 116 cm³/mol. The summed E-state index contributed by atoms with van der Waals surface area (Å²) in [5.74, 6) is -32.9. The Morgan fingerprint density at radius 1 is 0.462 bits per heavy atom. The van der Waals surface area contributed by atoms with Gasteiger partial charge in [0, 0.05) is 11.6 Å². The molecule has 1 nitrogen and oxygen atoms in total. The number of hydrogen-bond acceptors (Lipinski definition) is 1. The summed E-state index contributed by atoms with van der Waals surface area (Å²) in [5.41, 5.74) is -7.86. The van der Waals surface area contributed by atoms with E-state index in [1.807, 2.05) is 0 Å². The Kier molecular flexibility index (Phi) is 8.34. The van der Waals surface area contributed by atoms with Crippen molar-refractivity contribution in [2.75, 3.05) is 4.57 Å². The van der Waals surface area contributed by atoms with Gasteiger partial charge in [-0.3, -0.25) is 0 Å². The number of hydrogen-bond donors (Lipinski definition) is 0. The quantitative estimate of drug-likeness (QED) is 0.115. The van der Waals surface area contributed by atoms with Gasteiger partial charge in [-0.05, 0) is 18.1 Å². The molecule has 0 aromatic heterocycles. The molecule has 39 heavy (non-hydrogen) atoms. The maximum absolute atomic E-state index is 15.5. The molecule has 0 atom stereocenters. The van der Waals surface area contributed by atoms with E-state index in [0.29, 0.717) is 0 Å². The number of benzene rings is 3. The molecule has 15 heteroatoms. The Morgan fingerprint density at radius 3 is 1.18 bits per heavy atom. The minimum atomic E-state index is -3.86. The van der Waals surface area contributed by atoms with E-state index in [1.165, 1.54) is 20.8 Å². The first-order valence-corrected chi connectivity index (χ1v) is 13.6. The zero-order valence-electron chi connectivity index (χ0n) is 20.0. The SMILES string of the molecule is CC[Si](CC)(CC)N(c1c(F)c(F)c(F)c(F)c1F)c1c(F)c(F)c(-c2[c]c(F)c(F)c(F)c2F)c(F)c1F. The molecule has 0 amide bonds. The molecule has 0 saturated heterocycles. The van der Waals surface area contributed by atoms with Crippen molar-refractivity contribution in [3.8, 4) is 11.1 Å². The number of nitrogens with zero attached hydrogens (tertiary/aromatic N) is 1. The Labute approximate surface area is 213 Å². The molecule has 0 spiro atoms. The lowest BCUT2D eigenvalue weighted by atomic mass is 10.0. The average Bonchev–Trinajstić information content (AvgIpc) is 2.92. The van der Waals surface area contributed by atoms with E-state index in [4.69, 9.17) is 0 Å². The summed E-state index contributed by atoms with van der Waals surface area (Å²) >= 11 is 0. The van der Waals surface area contributed by atoms with Crippen molar-refractivity contribution < 1.29 is 57.1 Å². The van der Waals surface area contributed by atoms with Gasteiger partial charge in [-0.25, -0.2) is 57.1 Å². The summed E-state index contributed by atoms with van der Waals surface area (Å²) in [6, 6.07) is 0.460. The van der Waals surface area contributed by atoms with Crippen LogP contribution in [0, 0.1) is 81.7 Å². The molecule has 1 radical (unpaired) electrons. The van der Waals surface area contributed by atoms with Gasteiger partial charge in [0.1, 0.15) is 11.4 Å². The molecule has 211 valence electrons. The zero-order chi connectivity index (χ0) is 29.7. The normalized spacial score (nSPS) is 11.9. The van der Waals surface area contributed by atoms with E-state index in [1.54, 1.807) is 0 Å². The average molecular weight is 592 g/mol. The molecule has 0 unspecified atom stereocenters. The monoisotopic (exact) mass is 592 g/mol. The number of halogens is 13. The fourth-order valence-electron chi connectivity index (χ4n) is 4.33. The summed E-state index contributed by atoms with van der Waals surface area (Å²) < 4.78 is 188. The third-order valence-electron chi connectivity index (χ3n) is 6.61. The van der Waals surface area contributed by atoms with Crippen molar-refractivity contribution in [3.05, 3.63) is 81.7 Å². The Morgan fingerprint density at radius 2 is 0.795 bits per heavy atom. The molecule has 3 aromatic carbocycles. The summed E-state index contributed by atoms with van der Waals surface area (Å²) in [6.07, 6.45) is 0. The van der Waals surface area contributed by atoms with Crippen LogP contribution in [0.5, 0.6) is 0 Å². The molecule has 0 heterocycles. The first-order valence-electron chi connectivity index (χ1n) is 11.1. The van der Waals surface area contributed by atoms with Crippen LogP contribution in [0.3, 0.4) is 0 Å². The van der Waals surface area contributed by atoms with Crippen molar-refractivity contribution in [1.29, 1.82) is 0 Å². The van der Waals surface area contributed by atoms with Crippen LogP contribution in [0.2, 0.25) is 18.1 Å². The van der Waals surface area contributed by atoms with Gasteiger partial charge in [0.2, 0.25) is 5.82 Å². The van der Waals surface area contributed by atoms with E-state index in [9.17, 15) is 39.5 Å². The fourth-order valence-corrected chi connectivity index (χ4v) is 8.12. The van der Waals surface area contributed by atoms with Gasteiger partial charge in [-0.1, -0.05) is 20.8 Å². The minimum absolute atomic E-state index is 0.00970. The largest absolute Gasteiger partial charge is 0.359 e. The minimum Gasteiger partial charge on any atom is -0.359 e. The van der Waals surface area contributed by atoms with Crippen molar-refractivity contribution in [1.82, 2.24) is 0 Å². The van der Waals surface area contributed by atoms with Crippen LogP contribution in [0.4, 0.5) is 68.5 Å². The fraction of sp³-hybridized carbons (Fsp3) is 0.250. The number of rotatable bonds is 7. The summed E-state index contributed by atoms with van der Waals surface area (Å²) in [4.78, 5) is 0. The lowest BCUT2D eigenvalue weighted by molar-refractivity contribution is 0.380. The van der Waals surface area contributed by atoms with E-state index < -0.39 is 106 Å². The van der Waals surface area contributed by atoms with Crippen molar-refractivity contribution in [3.63, 3.8) is 0 Å². The molecule has 0 aliphatic carbocycles. The summed E-state index contributed by atoms with van der Waals surface area (Å²) in [6.45, 7) is 4.01. The van der Waals surface area contributed by atoms with Crippen LogP contribution in [0.25, 0.3) is 11.1 Å². The summed E-state index contributed by atoms with van der Waals surface area (Å²) in [7, 11) is -3.86. The molecule has 0 fully saturated rings. The maximum Gasteiger partial charge on any atom is 0.200 e. The zero-order valence-corrected chi connectivity index (χ0v) is 21.0. The highest BCUT2D eigenvalue weighted by atomic mass is 28.3. The lowest BCUT2D eigenvalue weighted by Crippen LogP contribution is -2.51. The second-order valence-electron chi connectivity index (χ2n) is 8.27. The van der Waals surface area contributed by atoms with Gasteiger partial charge in [-0.15, -0.1) is 0 Å². The highest BCUT2D eigenvalue weighted by Crippen LogP contribution is 2.47. The lowest BCUT2D eigenvalue weighted by Gasteiger charge is -2.43. The van der Waals surface area contributed by atoms with Gasteiger partial charge in [0.15, 0.2) is 78.0 Å². The summed E-state index contributed by atoms with van der Waals surface area (Å²) in [5, 5.41) is 0. The molecule has 3 rings (SSSR count). The molecular formula is C24H15F13NSi. The van der Waals surface area contributed by atoms with E-state index in [2.05, 4.69) is 0 Å². The van der Waals surface area contributed by atoms with Crippen LogP contribution in [0.1, 0.15) is 20.8 Å². The van der Waals surface area contributed by atoms with Crippen molar-refractivity contribution >= 4 is 19.6 Å². The first-order chi connectivity index (χ1) is 18.1. The highest BCUT2D eigenvalue weighted by Gasteiger charge is 2.45. The van der Waals surface area contributed by atoms with E-state index >= 15 is 17.6 Å². The smallest absolute Gasteiger partial charge is 0.200 e. The van der Waals surface area contributed by atoms with Gasteiger partial charge in [0.05, 0.1) is 5.56 Å². The second kappa shape index (κ2) is 10.7. The molecule has 0 aliphatic rings. The maximum atomic E-state index is 15.5. The molecular weight excluding hydrogens is 577 g/mol. The van der Waals surface area contributed by atoms with Crippen LogP contribution in [-0.2, 0) is 0 Å². The van der Waals surface area contributed by atoms with Gasteiger partial charge < -0.3 is 4.57 Å². The Balaban J connectivity index is 2.56. The standard InChI is InChI=1S/C24H15F13NSi/c1-4-39(5-2,6-3)38(24-21(36)17(32)16(31)18(33)22(24)37)23-19(34)13(28)10(14(29)20(23)35)8-7-9(25)12(27)15(30)11(8)26/h4-6H2,1-3H3. The molecule has 0 aliphatic heterocycles. The number of anilines is 2. The third kappa shape index (κ3) is 4.43. The van der Waals surface area contributed by atoms with Crippen LogP contribution in [0.15, 0.2) is 0 Å².